The molecule has 0 unspecified atom stereocenters. The molecule has 0 aliphatic carbocycles. The number of ether oxygens (including phenoxy) is 2. The SMILES string of the molecule is CCOC(=O)c1c(Cl)ccc(OC)c1N. The Morgan fingerprint density at radius 1 is 1.53 bits per heavy atom. The quantitative estimate of drug-likeness (QED) is 0.637. The minimum absolute atomic E-state index is 0.151. The Bertz CT molecular complexity index is 379. The lowest BCUT2D eigenvalue weighted by atomic mass is 10.1. The molecule has 0 fully saturated rings. The summed E-state index contributed by atoms with van der Waals surface area (Å²) in [6.07, 6.45) is 0. The Balaban J connectivity index is 3.20. The van der Waals surface area contributed by atoms with E-state index in [0.29, 0.717) is 5.75 Å². The summed E-state index contributed by atoms with van der Waals surface area (Å²) in [6, 6.07) is 3.14. The number of nitrogens with two attached hydrogens (primary N) is 1. The number of benzene rings is 1. The van der Waals surface area contributed by atoms with Gasteiger partial charge < -0.3 is 15.2 Å². The maximum Gasteiger partial charge on any atom is 0.341 e. The minimum atomic E-state index is -0.543. The van der Waals surface area contributed by atoms with Gasteiger partial charge in [0.1, 0.15) is 11.3 Å². The molecule has 0 saturated carbocycles. The van der Waals surface area contributed by atoms with Crippen LogP contribution in [0.25, 0.3) is 0 Å². The van der Waals surface area contributed by atoms with Crippen LogP contribution in [-0.2, 0) is 4.74 Å². The van der Waals surface area contributed by atoms with Crippen molar-refractivity contribution < 1.29 is 14.3 Å². The van der Waals surface area contributed by atoms with E-state index in [1.807, 2.05) is 0 Å². The summed E-state index contributed by atoms with van der Waals surface area (Å²) in [7, 11) is 1.47. The Hall–Kier alpha value is -1.42. The number of halogens is 1. The van der Waals surface area contributed by atoms with Crippen LogP contribution in [0.4, 0.5) is 5.69 Å². The van der Waals surface area contributed by atoms with Gasteiger partial charge in [-0.2, -0.15) is 0 Å². The van der Waals surface area contributed by atoms with E-state index in [2.05, 4.69) is 0 Å². The molecule has 0 saturated heterocycles. The van der Waals surface area contributed by atoms with Gasteiger partial charge in [0.05, 0.1) is 24.4 Å². The molecule has 0 amide bonds. The Labute approximate surface area is 92.9 Å². The van der Waals surface area contributed by atoms with E-state index in [-0.39, 0.29) is 22.9 Å². The van der Waals surface area contributed by atoms with Gasteiger partial charge in [-0.1, -0.05) is 11.6 Å². The molecule has 0 spiro atoms. The van der Waals surface area contributed by atoms with Crippen LogP contribution in [0.3, 0.4) is 0 Å². The zero-order valence-corrected chi connectivity index (χ0v) is 9.30. The summed E-state index contributed by atoms with van der Waals surface area (Å²) in [6.45, 7) is 1.98. The first kappa shape index (κ1) is 11.7. The van der Waals surface area contributed by atoms with E-state index < -0.39 is 5.97 Å². The molecule has 82 valence electrons. The van der Waals surface area contributed by atoms with Gasteiger partial charge in [-0.05, 0) is 19.1 Å². The van der Waals surface area contributed by atoms with E-state index >= 15 is 0 Å². The van der Waals surface area contributed by atoms with Crippen molar-refractivity contribution in [3.05, 3.63) is 22.7 Å². The van der Waals surface area contributed by atoms with E-state index in [1.165, 1.54) is 7.11 Å². The van der Waals surface area contributed by atoms with Crippen molar-refractivity contribution in [2.75, 3.05) is 19.5 Å². The van der Waals surface area contributed by atoms with Crippen molar-refractivity contribution in [2.45, 2.75) is 6.92 Å². The fraction of sp³-hybridized carbons (Fsp3) is 0.300. The van der Waals surface area contributed by atoms with Crippen molar-refractivity contribution in [1.82, 2.24) is 0 Å². The third-order valence-corrected chi connectivity index (χ3v) is 2.17. The highest BCUT2D eigenvalue weighted by molar-refractivity contribution is 6.34. The van der Waals surface area contributed by atoms with E-state index in [4.69, 9.17) is 26.8 Å². The third kappa shape index (κ3) is 2.33. The van der Waals surface area contributed by atoms with Gasteiger partial charge in [0.25, 0.3) is 0 Å². The second-order valence-corrected chi connectivity index (χ2v) is 3.17. The number of hydrogen-bond donors (Lipinski definition) is 1. The molecule has 0 aromatic heterocycles. The largest absolute Gasteiger partial charge is 0.495 e. The van der Waals surface area contributed by atoms with Gasteiger partial charge in [-0.15, -0.1) is 0 Å². The normalized spacial score (nSPS) is 9.80. The first-order chi connectivity index (χ1) is 7.11. The second-order valence-electron chi connectivity index (χ2n) is 2.76. The lowest BCUT2D eigenvalue weighted by Gasteiger charge is -2.10. The number of esters is 1. The Morgan fingerprint density at radius 2 is 2.20 bits per heavy atom. The van der Waals surface area contributed by atoms with Crippen LogP contribution >= 0.6 is 11.6 Å². The van der Waals surface area contributed by atoms with Crippen molar-refractivity contribution >= 4 is 23.3 Å². The number of anilines is 1. The lowest BCUT2D eigenvalue weighted by Crippen LogP contribution is -2.09. The molecule has 0 radical (unpaired) electrons. The fourth-order valence-corrected chi connectivity index (χ4v) is 1.40. The summed E-state index contributed by atoms with van der Waals surface area (Å²) >= 11 is 5.85. The molecule has 1 rings (SSSR count). The first-order valence-electron chi connectivity index (χ1n) is 4.40. The number of hydrogen-bond acceptors (Lipinski definition) is 4. The second kappa shape index (κ2) is 4.89. The molecule has 4 nitrogen and oxygen atoms in total. The number of nitrogen functional groups attached to an aromatic ring is 1. The number of carbonyl (C=O) groups excluding carboxylic acids is 1. The van der Waals surface area contributed by atoms with Crippen molar-refractivity contribution in [3.8, 4) is 5.75 Å². The van der Waals surface area contributed by atoms with Crippen molar-refractivity contribution in [3.63, 3.8) is 0 Å². The molecule has 1 aromatic carbocycles. The Morgan fingerprint density at radius 3 is 2.73 bits per heavy atom. The molecule has 5 heteroatoms. The summed E-state index contributed by atoms with van der Waals surface area (Å²) in [5.74, 6) is -0.138. The summed E-state index contributed by atoms with van der Waals surface area (Å²) in [5.41, 5.74) is 6.06. The molecule has 0 bridgehead atoms. The van der Waals surface area contributed by atoms with E-state index in [0.717, 1.165) is 0 Å². The highest BCUT2D eigenvalue weighted by Gasteiger charge is 2.18. The summed E-state index contributed by atoms with van der Waals surface area (Å²) in [5, 5.41) is 0.256. The zero-order valence-electron chi connectivity index (χ0n) is 8.54. The van der Waals surface area contributed by atoms with Crippen molar-refractivity contribution in [2.24, 2.45) is 0 Å². The van der Waals surface area contributed by atoms with Crippen LogP contribution in [0.5, 0.6) is 5.75 Å². The highest BCUT2D eigenvalue weighted by Crippen LogP contribution is 2.31. The van der Waals surface area contributed by atoms with Gasteiger partial charge in [0.15, 0.2) is 0 Å². The van der Waals surface area contributed by atoms with Gasteiger partial charge in [0, 0.05) is 0 Å². The zero-order chi connectivity index (χ0) is 11.4. The van der Waals surface area contributed by atoms with Crippen LogP contribution in [0, 0.1) is 0 Å². The maximum absolute atomic E-state index is 11.5. The van der Waals surface area contributed by atoms with Crippen LogP contribution < -0.4 is 10.5 Å². The van der Waals surface area contributed by atoms with Crippen molar-refractivity contribution in [1.29, 1.82) is 0 Å². The van der Waals surface area contributed by atoms with E-state index in [9.17, 15) is 4.79 Å². The lowest BCUT2D eigenvalue weighted by molar-refractivity contribution is 0.0527. The molecule has 15 heavy (non-hydrogen) atoms. The maximum atomic E-state index is 11.5. The first-order valence-corrected chi connectivity index (χ1v) is 4.78. The van der Waals surface area contributed by atoms with Crippen LogP contribution in [0.15, 0.2) is 12.1 Å². The number of rotatable bonds is 3. The predicted molar refractivity (Wildman–Crippen MR) is 58.4 cm³/mol. The predicted octanol–water partition coefficient (Wildman–Crippen LogP) is 2.11. The van der Waals surface area contributed by atoms with Gasteiger partial charge >= 0.3 is 5.97 Å². The summed E-state index contributed by atoms with van der Waals surface area (Å²) in [4.78, 5) is 11.5. The Kier molecular flexibility index (Phi) is 3.80. The molecule has 1 aromatic rings. The average molecular weight is 230 g/mol. The van der Waals surface area contributed by atoms with Crippen LogP contribution in [0.1, 0.15) is 17.3 Å². The smallest absolute Gasteiger partial charge is 0.341 e. The van der Waals surface area contributed by atoms with Gasteiger partial charge in [0.2, 0.25) is 0 Å². The molecule has 0 aliphatic rings. The molecule has 2 N–H and O–H groups in total. The number of carbonyl (C=O) groups is 1. The van der Waals surface area contributed by atoms with Gasteiger partial charge in [-0.3, -0.25) is 0 Å². The average Bonchev–Trinajstić information content (AvgIpc) is 2.18. The standard InChI is InChI=1S/C10H12ClNO3/c1-3-15-10(13)8-6(11)4-5-7(14-2)9(8)12/h4-5H,3,12H2,1-2H3. The monoisotopic (exact) mass is 229 g/mol. The minimum Gasteiger partial charge on any atom is -0.495 e. The number of methoxy groups -OCH3 is 1. The highest BCUT2D eigenvalue weighted by atomic mass is 35.5. The van der Waals surface area contributed by atoms with E-state index in [1.54, 1.807) is 19.1 Å². The van der Waals surface area contributed by atoms with Crippen LogP contribution in [0.2, 0.25) is 5.02 Å². The third-order valence-electron chi connectivity index (χ3n) is 1.85. The van der Waals surface area contributed by atoms with Crippen LogP contribution in [-0.4, -0.2) is 19.7 Å². The molecule has 0 aliphatic heterocycles. The fourth-order valence-electron chi connectivity index (χ4n) is 1.16. The topological polar surface area (TPSA) is 61.5 Å². The van der Waals surface area contributed by atoms with Gasteiger partial charge in [-0.25, -0.2) is 4.79 Å². The molecular formula is C10H12ClNO3. The molecule has 0 atom stereocenters. The molecular weight excluding hydrogens is 218 g/mol. The summed E-state index contributed by atoms with van der Waals surface area (Å²) < 4.78 is 9.81. The molecule has 0 heterocycles.